The predicted octanol–water partition coefficient (Wildman–Crippen LogP) is 3.28. The molecule has 0 amide bonds. The minimum Gasteiger partial charge on any atom is -0.497 e. The van der Waals surface area contributed by atoms with Gasteiger partial charge in [0.25, 0.3) is 0 Å². The molecule has 0 spiro atoms. The number of methoxy groups -OCH3 is 2. The van der Waals surface area contributed by atoms with Gasteiger partial charge in [0, 0.05) is 12.7 Å². The highest BCUT2D eigenvalue weighted by Crippen LogP contribution is 2.46. The summed E-state index contributed by atoms with van der Waals surface area (Å²) in [4.78, 5) is 11.8. The quantitative estimate of drug-likeness (QED) is 0.940. The van der Waals surface area contributed by atoms with Crippen molar-refractivity contribution in [2.45, 2.75) is 6.10 Å². The lowest BCUT2D eigenvalue weighted by molar-refractivity contribution is -0.133. The molecule has 0 radical (unpaired) electrons. The van der Waals surface area contributed by atoms with Gasteiger partial charge in [-0.3, -0.25) is 0 Å². The standard InChI is InChI=1S/C18H16O4/c1-21-12-8-9-13-14(10-12)17(22-2)16(18(19)20)15(13)11-6-4-3-5-7-11/h3-10,17H,1-2H3,(H,19,20). The molecule has 1 unspecified atom stereocenters. The van der Waals surface area contributed by atoms with Gasteiger partial charge in [0.05, 0.1) is 12.7 Å². The Balaban J connectivity index is 2.27. The third kappa shape index (κ3) is 2.18. The van der Waals surface area contributed by atoms with Crippen LogP contribution in [-0.4, -0.2) is 25.3 Å². The fourth-order valence-electron chi connectivity index (χ4n) is 2.92. The highest BCUT2D eigenvalue weighted by molar-refractivity contribution is 6.05. The normalized spacial score (nSPS) is 16.5. The van der Waals surface area contributed by atoms with E-state index in [4.69, 9.17) is 9.47 Å². The predicted molar refractivity (Wildman–Crippen MR) is 82.8 cm³/mol. The molecular weight excluding hydrogens is 280 g/mol. The van der Waals surface area contributed by atoms with Crippen molar-refractivity contribution in [1.29, 1.82) is 0 Å². The Kier molecular flexibility index (Phi) is 3.69. The number of carboxylic acids is 1. The average molecular weight is 296 g/mol. The summed E-state index contributed by atoms with van der Waals surface area (Å²) in [6.07, 6.45) is -0.599. The topological polar surface area (TPSA) is 55.8 Å². The fourth-order valence-corrected chi connectivity index (χ4v) is 2.92. The summed E-state index contributed by atoms with van der Waals surface area (Å²) in [7, 11) is 3.10. The van der Waals surface area contributed by atoms with Gasteiger partial charge >= 0.3 is 5.97 Å². The number of hydrogen-bond donors (Lipinski definition) is 1. The van der Waals surface area contributed by atoms with Crippen molar-refractivity contribution in [2.24, 2.45) is 0 Å². The van der Waals surface area contributed by atoms with E-state index in [9.17, 15) is 9.90 Å². The van der Waals surface area contributed by atoms with Crippen molar-refractivity contribution < 1.29 is 19.4 Å². The van der Waals surface area contributed by atoms with E-state index in [0.717, 1.165) is 16.7 Å². The number of fused-ring (bicyclic) bond motifs is 1. The summed E-state index contributed by atoms with van der Waals surface area (Å²) in [6, 6.07) is 15.1. The Hall–Kier alpha value is -2.59. The van der Waals surface area contributed by atoms with Gasteiger partial charge in [-0.2, -0.15) is 0 Å². The van der Waals surface area contributed by atoms with Gasteiger partial charge in [-0.1, -0.05) is 36.4 Å². The number of aliphatic carboxylic acids is 1. The molecule has 0 aliphatic heterocycles. The number of ether oxygens (including phenoxy) is 2. The summed E-state index contributed by atoms with van der Waals surface area (Å²) in [5.41, 5.74) is 3.52. The van der Waals surface area contributed by atoms with E-state index in [1.54, 1.807) is 7.11 Å². The van der Waals surface area contributed by atoms with E-state index in [-0.39, 0.29) is 5.57 Å². The van der Waals surface area contributed by atoms with E-state index >= 15 is 0 Å². The molecule has 1 N–H and O–H groups in total. The van der Waals surface area contributed by atoms with Gasteiger partial charge in [-0.15, -0.1) is 0 Å². The second-order valence-corrected chi connectivity index (χ2v) is 5.03. The maximum absolute atomic E-state index is 11.8. The van der Waals surface area contributed by atoms with Crippen molar-refractivity contribution in [3.05, 3.63) is 70.8 Å². The molecule has 2 aromatic rings. The Bertz CT molecular complexity index is 747. The third-order valence-electron chi connectivity index (χ3n) is 3.87. The molecule has 3 rings (SSSR count). The highest BCUT2D eigenvalue weighted by atomic mass is 16.5. The molecule has 4 nitrogen and oxygen atoms in total. The zero-order valence-electron chi connectivity index (χ0n) is 12.4. The number of hydrogen-bond acceptors (Lipinski definition) is 3. The lowest BCUT2D eigenvalue weighted by atomic mass is 9.97. The van der Waals surface area contributed by atoms with Gasteiger partial charge in [0.15, 0.2) is 0 Å². The first-order chi connectivity index (χ1) is 10.7. The molecule has 1 aliphatic carbocycles. The van der Waals surface area contributed by atoms with E-state index in [0.29, 0.717) is 11.3 Å². The van der Waals surface area contributed by atoms with E-state index in [1.807, 2.05) is 48.5 Å². The zero-order valence-corrected chi connectivity index (χ0v) is 12.4. The van der Waals surface area contributed by atoms with Crippen LogP contribution in [0.3, 0.4) is 0 Å². The second kappa shape index (κ2) is 5.66. The number of carboxylic acid groups (broad SMARTS) is 1. The van der Waals surface area contributed by atoms with Gasteiger partial charge in [0.2, 0.25) is 0 Å². The Morgan fingerprint density at radius 2 is 1.82 bits per heavy atom. The van der Waals surface area contributed by atoms with Crippen LogP contribution in [0.5, 0.6) is 5.75 Å². The Labute approximate surface area is 128 Å². The van der Waals surface area contributed by atoms with Crippen LogP contribution in [0.25, 0.3) is 5.57 Å². The smallest absolute Gasteiger partial charge is 0.335 e. The fraction of sp³-hybridized carbons (Fsp3) is 0.167. The van der Waals surface area contributed by atoms with Crippen molar-refractivity contribution in [2.75, 3.05) is 14.2 Å². The third-order valence-corrected chi connectivity index (χ3v) is 3.87. The van der Waals surface area contributed by atoms with Crippen molar-refractivity contribution in [1.82, 2.24) is 0 Å². The lowest BCUT2D eigenvalue weighted by Gasteiger charge is -2.12. The molecule has 0 bridgehead atoms. The molecule has 0 saturated carbocycles. The van der Waals surface area contributed by atoms with E-state index in [1.165, 1.54) is 7.11 Å². The van der Waals surface area contributed by atoms with Crippen LogP contribution in [0.15, 0.2) is 54.1 Å². The van der Waals surface area contributed by atoms with E-state index < -0.39 is 12.1 Å². The van der Waals surface area contributed by atoms with Crippen LogP contribution < -0.4 is 4.74 Å². The van der Waals surface area contributed by atoms with Crippen LogP contribution in [0, 0.1) is 0 Å². The summed E-state index contributed by atoms with van der Waals surface area (Å²) in [5, 5.41) is 9.68. The van der Waals surface area contributed by atoms with Crippen molar-refractivity contribution >= 4 is 11.5 Å². The van der Waals surface area contributed by atoms with Crippen molar-refractivity contribution in [3.8, 4) is 5.75 Å². The summed E-state index contributed by atoms with van der Waals surface area (Å²) in [5.74, 6) is -0.291. The van der Waals surface area contributed by atoms with Crippen LogP contribution in [0.1, 0.15) is 22.8 Å². The molecule has 2 aromatic carbocycles. The highest BCUT2D eigenvalue weighted by Gasteiger charge is 2.36. The van der Waals surface area contributed by atoms with Crippen LogP contribution in [0.4, 0.5) is 0 Å². The summed E-state index contributed by atoms with van der Waals surface area (Å²) in [6.45, 7) is 0. The van der Waals surface area contributed by atoms with Crippen LogP contribution >= 0.6 is 0 Å². The average Bonchev–Trinajstić information content (AvgIpc) is 2.89. The maximum Gasteiger partial charge on any atom is 0.335 e. The largest absolute Gasteiger partial charge is 0.497 e. The van der Waals surface area contributed by atoms with Crippen molar-refractivity contribution in [3.63, 3.8) is 0 Å². The number of rotatable bonds is 4. The zero-order chi connectivity index (χ0) is 15.7. The number of carbonyl (C=O) groups is 1. The molecule has 1 aliphatic rings. The lowest BCUT2D eigenvalue weighted by Crippen LogP contribution is -2.10. The molecule has 0 fully saturated rings. The monoisotopic (exact) mass is 296 g/mol. The first kappa shape index (κ1) is 14.4. The molecule has 4 heteroatoms. The van der Waals surface area contributed by atoms with E-state index in [2.05, 4.69) is 0 Å². The molecule has 0 aromatic heterocycles. The SMILES string of the molecule is COc1ccc2c(c1)C(OC)C(C(=O)O)=C2c1ccccc1. The van der Waals surface area contributed by atoms with Gasteiger partial charge in [-0.05, 0) is 28.8 Å². The second-order valence-electron chi connectivity index (χ2n) is 5.03. The molecule has 0 saturated heterocycles. The first-order valence-electron chi connectivity index (χ1n) is 6.91. The Morgan fingerprint density at radius 1 is 1.09 bits per heavy atom. The molecule has 22 heavy (non-hydrogen) atoms. The minimum atomic E-state index is -0.971. The van der Waals surface area contributed by atoms with Gasteiger partial charge in [0.1, 0.15) is 11.9 Å². The van der Waals surface area contributed by atoms with Crippen LogP contribution in [-0.2, 0) is 9.53 Å². The summed E-state index contributed by atoms with van der Waals surface area (Å²) >= 11 is 0. The van der Waals surface area contributed by atoms with Gasteiger partial charge in [-0.25, -0.2) is 4.79 Å². The Morgan fingerprint density at radius 3 is 2.41 bits per heavy atom. The molecule has 1 atom stereocenters. The maximum atomic E-state index is 11.8. The van der Waals surface area contributed by atoms with Gasteiger partial charge < -0.3 is 14.6 Å². The number of benzene rings is 2. The molecular formula is C18H16O4. The minimum absolute atomic E-state index is 0.261. The summed E-state index contributed by atoms with van der Waals surface area (Å²) < 4.78 is 10.7. The van der Waals surface area contributed by atoms with Crippen LogP contribution in [0.2, 0.25) is 0 Å². The first-order valence-corrected chi connectivity index (χ1v) is 6.91. The molecule has 112 valence electrons. The molecule has 0 heterocycles.